The van der Waals surface area contributed by atoms with Crippen LogP contribution in [0.4, 0.5) is 0 Å². The first-order valence-electron chi connectivity index (χ1n) is 8.08. The van der Waals surface area contributed by atoms with Crippen LogP contribution in [0.3, 0.4) is 0 Å². The van der Waals surface area contributed by atoms with E-state index >= 15 is 0 Å². The zero-order valence-corrected chi connectivity index (χ0v) is 14.0. The number of rotatable bonds is 5. The number of carbonyl (C=O) groups excluding carboxylic acids is 1. The van der Waals surface area contributed by atoms with Crippen LogP contribution in [0.15, 0.2) is 17.5 Å². The van der Waals surface area contributed by atoms with Gasteiger partial charge in [0, 0.05) is 31.1 Å². The van der Waals surface area contributed by atoms with E-state index in [1.807, 2.05) is 4.90 Å². The summed E-state index contributed by atoms with van der Waals surface area (Å²) in [4.78, 5) is 18.1. The van der Waals surface area contributed by atoms with Crippen molar-refractivity contribution in [3.8, 4) is 0 Å². The Bertz CT molecular complexity index is 480. The largest absolute Gasteiger partial charge is 0.374 e. The Balaban J connectivity index is 1.45. The second-order valence-corrected chi connectivity index (χ2v) is 7.13. The topological polar surface area (TPSA) is 44.8 Å². The second kappa shape index (κ2) is 7.55. The maximum Gasteiger partial charge on any atom is 0.237 e. The fraction of sp³-hybridized carbons (Fsp3) is 0.688. The fourth-order valence-corrected chi connectivity index (χ4v) is 4.15. The SMILES string of the molecule is CN1CCO[C@@H](CNCC(=O)N2CCC[C@@H]2c2cccs2)C1. The van der Waals surface area contributed by atoms with E-state index in [-0.39, 0.29) is 18.1 Å². The van der Waals surface area contributed by atoms with Gasteiger partial charge in [-0.25, -0.2) is 0 Å². The van der Waals surface area contributed by atoms with Crippen molar-refractivity contribution >= 4 is 17.2 Å². The molecule has 1 aromatic rings. The first kappa shape index (κ1) is 15.9. The minimum absolute atomic E-state index is 0.193. The monoisotopic (exact) mass is 323 g/mol. The van der Waals surface area contributed by atoms with Gasteiger partial charge in [0.25, 0.3) is 0 Å². The van der Waals surface area contributed by atoms with Crippen LogP contribution in [0.5, 0.6) is 0 Å². The Morgan fingerprint density at radius 1 is 1.50 bits per heavy atom. The molecule has 2 aliphatic rings. The van der Waals surface area contributed by atoms with Crippen molar-refractivity contribution in [3.05, 3.63) is 22.4 Å². The summed E-state index contributed by atoms with van der Waals surface area (Å²) in [5, 5.41) is 5.37. The third kappa shape index (κ3) is 3.87. The van der Waals surface area contributed by atoms with Crippen molar-refractivity contribution in [3.63, 3.8) is 0 Å². The summed E-state index contributed by atoms with van der Waals surface area (Å²) in [6, 6.07) is 4.49. The lowest BCUT2D eigenvalue weighted by atomic mass is 10.2. The molecule has 0 saturated carbocycles. The third-order valence-electron chi connectivity index (χ3n) is 4.43. The molecule has 0 aromatic carbocycles. The summed E-state index contributed by atoms with van der Waals surface area (Å²) in [6.07, 6.45) is 2.38. The van der Waals surface area contributed by atoms with Crippen LogP contribution in [0.2, 0.25) is 0 Å². The molecular weight excluding hydrogens is 298 g/mol. The normalized spacial score (nSPS) is 26.5. The smallest absolute Gasteiger partial charge is 0.237 e. The summed E-state index contributed by atoms with van der Waals surface area (Å²) in [6.45, 7) is 4.74. The molecule has 0 radical (unpaired) electrons. The van der Waals surface area contributed by atoms with Gasteiger partial charge in [-0.2, -0.15) is 0 Å². The maximum atomic E-state index is 12.5. The molecule has 2 atom stereocenters. The minimum Gasteiger partial charge on any atom is -0.374 e. The van der Waals surface area contributed by atoms with E-state index in [4.69, 9.17) is 4.74 Å². The van der Waals surface area contributed by atoms with Crippen LogP contribution in [-0.2, 0) is 9.53 Å². The number of ether oxygens (including phenoxy) is 1. The van der Waals surface area contributed by atoms with Crippen molar-refractivity contribution in [1.29, 1.82) is 0 Å². The molecule has 1 amide bonds. The number of morpholine rings is 1. The number of hydrogen-bond donors (Lipinski definition) is 1. The number of likely N-dealkylation sites (tertiary alicyclic amines) is 1. The molecular formula is C16H25N3O2S. The average molecular weight is 323 g/mol. The summed E-state index contributed by atoms with van der Waals surface area (Å²) in [5.41, 5.74) is 0. The van der Waals surface area contributed by atoms with E-state index in [0.717, 1.165) is 45.6 Å². The standard InChI is InChI=1S/C16H25N3O2S/c1-18-7-8-21-13(12-18)10-17-11-16(20)19-6-2-4-14(19)15-5-3-9-22-15/h3,5,9,13-14,17H,2,4,6-8,10-12H2,1H3/t13-,14+/m0/s1. The van der Waals surface area contributed by atoms with Crippen molar-refractivity contribution in [2.75, 3.05) is 46.4 Å². The third-order valence-corrected chi connectivity index (χ3v) is 5.41. The van der Waals surface area contributed by atoms with E-state index in [0.29, 0.717) is 6.54 Å². The van der Waals surface area contributed by atoms with Gasteiger partial charge >= 0.3 is 0 Å². The molecule has 6 heteroatoms. The van der Waals surface area contributed by atoms with Crippen LogP contribution in [0.1, 0.15) is 23.8 Å². The van der Waals surface area contributed by atoms with Gasteiger partial charge in [-0.3, -0.25) is 4.79 Å². The van der Waals surface area contributed by atoms with Crippen LogP contribution in [0.25, 0.3) is 0 Å². The lowest BCUT2D eigenvalue weighted by Crippen LogP contribution is -2.46. The quantitative estimate of drug-likeness (QED) is 0.888. The first-order valence-corrected chi connectivity index (χ1v) is 8.96. The maximum absolute atomic E-state index is 12.5. The Kier molecular flexibility index (Phi) is 5.46. The molecule has 3 rings (SSSR count). The molecule has 1 aromatic heterocycles. The number of hydrogen-bond acceptors (Lipinski definition) is 5. The van der Waals surface area contributed by atoms with Gasteiger partial charge in [0.05, 0.1) is 25.3 Å². The highest BCUT2D eigenvalue weighted by Gasteiger charge is 2.30. The number of likely N-dealkylation sites (N-methyl/N-ethyl adjacent to an activating group) is 1. The summed E-state index contributed by atoms with van der Waals surface area (Å²) in [5.74, 6) is 0.208. The van der Waals surface area contributed by atoms with Gasteiger partial charge < -0.3 is 19.9 Å². The molecule has 3 heterocycles. The summed E-state index contributed by atoms with van der Waals surface area (Å²) in [7, 11) is 2.11. The highest BCUT2D eigenvalue weighted by atomic mass is 32.1. The van der Waals surface area contributed by atoms with Crippen LogP contribution >= 0.6 is 11.3 Å². The number of nitrogens with zero attached hydrogens (tertiary/aromatic N) is 2. The minimum atomic E-state index is 0.193. The van der Waals surface area contributed by atoms with E-state index in [1.54, 1.807) is 11.3 Å². The first-order chi connectivity index (χ1) is 10.7. The van der Waals surface area contributed by atoms with E-state index in [2.05, 4.69) is 34.8 Å². The number of carbonyl (C=O) groups is 1. The highest BCUT2D eigenvalue weighted by molar-refractivity contribution is 7.10. The molecule has 0 bridgehead atoms. The van der Waals surface area contributed by atoms with Gasteiger partial charge in [0.15, 0.2) is 0 Å². The molecule has 2 aliphatic heterocycles. The molecule has 0 unspecified atom stereocenters. The van der Waals surface area contributed by atoms with Gasteiger partial charge in [0.1, 0.15) is 0 Å². The predicted molar refractivity (Wildman–Crippen MR) is 88.1 cm³/mol. The van der Waals surface area contributed by atoms with Crippen LogP contribution in [-0.4, -0.2) is 68.2 Å². The Morgan fingerprint density at radius 3 is 3.18 bits per heavy atom. The molecule has 122 valence electrons. The van der Waals surface area contributed by atoms with Crippen LogP contribution in [0, 0.1) is 0 Å². The second-order valence-electron chi connectivity index (χ2n) is 6.15. The lowest BCUT2D eigenvalue weighted by Gasteiger charge is -2.30. The van der Waals surface area contributed by atoms with Crippen molar-refractivity contribution in [2.45, 2.75) is 25.0 Å². The van der Waals surface area contributed by atoms with Gasteiger partial charge in [-0.15, -0.1) is 11.3 Å². The molecule has 2 fully saturated rings. The Labute approximate surface area is 136 Å². The molecule has 1 N–H and O–H groups in total. The van der Waals surface area contributed by atoms with E-state index in [9.17, 15) is 4.79 Å². The van der Waals surface area contributed by atoms with Crippen molar-refractivity contribution in [2.24, 2.45) is 0 Å². The predicted octanol–water partition coefficient (Wildman–Crippen LogP) is 1.33. The van der Waals surface area contributed by atoms with Gasteiger partial charge in [-0.1, -0.05) is 6.07 Å². The zero-order chi connectivity index (χ0) is 15.4. The number of nitrogens with one attached hydrogen (secondary N) is 1. The molecule has 2 saturated heterocycles. The van der Waals surface area contributed by atoms with Crippen LogP contribution < -0.4 is 5.32 Å². The van der Waals surface area contributed by atoms with Gasteiger partial charge in [0.2, 0.25) is 5.91 Å². The lowest BCUT2D eigenvalue weighted by molar-refractivity contribution is -0.131. The zero-order valence-electron chi connectivity index (χ0n) is 13.2. The fourth-order valence-electron chi connectivity index (χ4n) is 3.27. The van der Waals surface area contributed by atoms with E-state index in [1.165, 1.54) is 4.88 Å². The van der Waals surface area contributed by atoms with Gasteiger partial charge in [-0.05, 0) is 31.3 Å². The number of thiophene rings is 1. The molecule has 0 aliphatic carbocycles. The Morgan fingerprint density at radius 2 is 2.41 bits per heavy atom. The molecule has 5 nitrogen and oxygen atoms in total. The molecule has 0 spiro atoms. The summed E-state index contributed by atoms with van der Waals surface area (Å²) < 4.78 is 5.71. The van der Waals surface area contributed by atoms with Crippen molar-refractivity contribution < 1.29 is 9.53 Å². The van der Waals surface area contributed by atoms with E-state index < -0.39 is 0 Å². The highest BCUT2D eigenvalue weighted by Crippen LogP contribution is 2.34. The Hall–Kier alpha value is -0.950. The number of amides is 1. The average Bonchev–Trinajstić information content (AvgIpc) is 3.18. The molecule has 22 heavy (non-hydrogen) atoms. The van der Waals surface area contributed by atoms with Crippen molar-refractivity contribution in [1.82, 2.24) is 15.1 Å². The summed E-state index contributed by atoms with van der Waals surface area (Å²) >= 11 is 1.75.